The molecule has 0 saturated heterocycles. The molecule has 1 aromatic carbocycles. The van der Waals surface area contributed by atoms with Gasteiger partial charge in [0, 0.05) is 25.7 Å². The number of hydrogen-bond acceptors (Lipinski definition) is 6. The molecule has 2 aromatic rings. The largest absolute Gasteiger partial charge is 0.490 e. The number of ether oxygens (including phenoxy) is 3. The van der Waals surface area contributed by atoms with Crippen LogP contribution in [0.25, 0.3) is 11.4 Å². The summed E-state index contributed by atoms with van der Waals surface area (Å²) in [6.45, 7) is 7.07. The van der Waals surface area contributed by atoms with Crippen molar-refractivity contribution in [2.45, 2.75) is 32.6 Å². The van der Waals surface area contributed by atoms with Gasteiger partial charge in [0.05, 0.1) is 31.0 Å². The topological polar surface area (TPSA) is 70.5 Å². The Balaban J connectivity index is 2.13. The van der Waals surface area contributed by atoms with Gasteiger partial charge in [-0.05, 0) is 32.4 Å². The first-order chi connectivity index (χ1) is 12.5. The van der Waals surface area contributed by atoms with Crippen LogP contribution in [-0.2, 0) is 19.7 Å². The third-order valence-corrected chi connectivity index (χ3v) is 4.02. The minimum atomic E-state index is -0.740. The predicted octanol–water partition coefficient (Wildman–Crippen LogP) is 3.40. The molecule has 1 heterocycles. The van der Waals surface area contributed by atoms with Crippen molar-refractivity contribution in [1.82, 2.24) is 9.97 Å². The Morgan fingerprint density at radius 1 is 1.15 bits per heavy atom. The fourth-order valence-electron chi connectivity index (χ4n) is 2.41. The normalized spacial score (nSPS) is 11.2. The van der Waals surface area contributed by atoms with Gasteiger partial charge in [-0.1, -0.05) is 18.2 Å². The average Bonchev–Trinajstić information content (AvgIpc) is 2.66. The van der Waals surface area contributed by atoms with Crippen molar-refractivity contribution in [3.8, 4) is 17.1 Å². The summed E-state index contributed by atoms with van der Waals surface area (Å²) < 4.78 is 15.7. The van der Waals surface area contributed by atoms with E-state index >= 15 is 0 Å². The minimum Gasteiger partial charge on any atom is -0.490 e. The molecule has 1 aromatic heterocycles. The quantitative estimate of drug-likeness (QED) is 0.505. The van der Waals surface area contributed by atoms with Gasteiger partial charge in [-0.3, -0.25) is 4.79 Å². The summed E-state index contributed by atoms with van der Waals surface area (Å²) in [4.78, 5) is 21.0. The Morgan fingerprint density at radius 2 is 1.88 bits per heavy atom. The highest BCUT2D eigenvalue weighted by Crippen LogP contribution is 2.28. The van der Waals surface area contributed by atoms with Crippen LogP contribution in [0.2, 0.25) is 0 Å². The lowest BCUT2D eigenvalue weighted by Crippen LogP contribution is -2.31. The second-order valence-electron chi connectivity index (χ2n) is 6.36. The Labute approximate surface area is 154 Å². The van der Waals surface area contributed by atoms with Crippen LogP contribution in [0, 0.1) is 0 Å². The Bertz CT molecular complexity index is 714. The van der Waals surface area contributed by atoms with E-state index in [0.717, 1.165) is 17.5 Å². The van der Waals surface area contributed by atoms with Crippen LogP contribution in [0.1, 0.15) is 32.8 Å². The van der Waals surface area contributed by atoms with E-state index in [0.29, 0.717) is 31.4 Å². The van der Waals surface area contributed by atoms with E-state index in [9.17, 15) is 4.79 Å². The maximum absolute atomic E-state index is 12.2. The highest BCUT2D eigenvalue weighted by molar-refractivity contribution is 5.82. The van der Waals surface area contributed by atoms with Crippen molar-refractivity contribution >= 4 is 5.97 Å². The van der Waals surface area contributed by atoms with Gasteiger partial charge in [-0.25, -0.2) is 9.97 Å². The SMILES string of the molecule is CCOC(=O)C(C)(C)c1cccc(-c2ncc(OCCCOC)cn2)c1. The highest BCUT2D eigenvalue weighted by atomic mass is 16.5. The number of carbonyl (C=O) groups excluding carboxylic acids is 1. The third kappa shape index (κ3) is 5.02. The molecule has 0 aliphatic carbocycles. The number of carbonyl (C=O) groups is 1. The van der Waals surface area contributed by atoms with Crippen molar-refractivity contribution in [2.24, 2.45) is 0 Å². The summed E-state index contributed by atoms with van der Waals surface area (Å²) in [5, 5.41) is 0. The van der Waals surface area contributed by atoms with Gasteiger partial charge in [-0.2, -0.15) is 0 Å². The summed E-state index contributed by atoms with van der Waals surface area (Å²) in [5.74, 6) is 0.946. The first-order valence-electron chi connectivity index (χ1n) is 8.71. The average molecular weight is 358 g/mol. The van der Waals surface area contributed by atoms with E-state index < -0.39 is 5.41 Å². The predicted molar refractivity (Wildman–Crippen MR) is 99.1 cm³/mol. The molecular formula is C20H26N2O4. The molecule has 26 heavy (non-hydrogen) atoms. The van der Waals surface area contributed by atoms with Gasteiger partial charge in [0.25, 0.3) is 0 Å². The molecule has 0 aliphatic rings. The van der Waals surface area contributed by atoms with Crippen molar-refractivity contribution in [3.05, 3.63) is 42.2 Å². The van der Waals surface area contributed by atoms with Gasteiger partial charge in [0.15, 0.2) is 11.6 Å². The molecular weight excluding hydrogens is 332 g/mol. The lowest BCUT2D eigenvalue weighted by molar-refractivity contribution is -0.148. The third-order valence-electron chi connectivity index (χ3n) is 4.02. The number of rotatable bonds is 9. The molecule has 6 heteroatoms. The minimum absolute atomic E-state index is 0.252. The van der Waals surface area contributed by atoms with E-state index in [1.165, 1.54) is 0 Å². The molecule has 0 aliphatic heterocycles. The fraction of sp³-hybridized carbons (Fsp3) is 0.450. The smallest absolute Gasteiger partial charge is 0.315 e. The van der Waals surface area contributed by atoms with E-state index in [4.69, 9.17) is 14.2 Å². The van der Waals surface area contributed by atoms with Crippen LogP contribution >= 0.6 is 0 Å². The van der Waals surface area contributed by atoms with Crippen LogP contribution in [0.5, 0.6) is 5.75 Å². The van der Waals surface area contributed by atoms with Gasteiger partial charge < -0.3 is 14.2 Å². The molecule has 0 spiro atoms. The maximum Gasteiger partial charge on any atom is 0.315 e. The van der Waals surface area contributed by atoms with Gasteiger partial charge >= 0.3 is 5.97 Å². The molecule has 0 unspecified atom stereocenters. The van der Waals surface area contributed by atoms with Crippen LogP contribution < -0.4 is 4.74 Å². The molecule has 0 bridgehead atoms. The number of hydrogen-bond donors (Lipinski definition) is 0. The summed E-state index contributed by atoms with van der Waals surface area (Å²) in [6, 6.07) is 7.64. The second-order valence-corrected chi connectivity index (χ2v) is 6.36. The highest BCUT2D eigenvalue weighted by Gasteiger charge is 2.31. The number of methoxy groups -OCH3 is 1. The van der Waals surface area contributed by atoms with Crippen LogP contribution in [-0.4, -0.2) is 42.9 Å². The Hall–Kier alpha value is -2.47. The standard InChI is InChI=1S/C20H26N2O4/c1-5-25-19(23)20(2,3)16-9-6-8-15(12-16)18-21-13-17(14-22-18)26-11-7-10-24-4/h6,8-9,12-14H,5,7,10-11H2,1-4H3. The van der Waals surface area contributed by atoms with Gasteiger partial charge in [-0.15, -0.1) is 0 Å². The van der Waals surface area contributed by atoms with Crippen molar-refractivity contribution in [1.29, 1.82) is 0 Å². The lowest BCUT2D eigenvalue weighted by Gasteiger charge is -2.23. The lowest BCUT2D eigenvalue weighted by atomic mass is 9.84. The first kappa shape index (κ1) is 19.8. The zero-order valence-electron chi connectivity index (χ0n) is 15.8. The van der Waals surface area contributed by atoms with Gasteiger partial charge in [0.1, 0.15) is 0 Å². The molecule has 0 amide bonds. The van der Waals surface area contributed by atoms with E-state index in [1.807, 2.05) is 38.1 Å². The number of nitrogens with zero attached hydrogens (tertiary/aromatic N) is 2. The van der Waals surface area contributed by atoms with E-state index in [2.05, 4.69) is 9.97 Å². The molecule has 2 rings (SSSR count). The van der Waals surface area contributed by atoms with Crippen LogP contribution in [0.15, 0.2) is 36.7 Å². The Kier molecular flexibility index (Phi) is 7.09. The van der Waals surface area contributed by atoms with Crippen LogP contribution in [0.3, 0.4) is 0 Å². The van der Waals surface area contributed by atoms with E-state index in [1.54, 1.807) is 26.4 Å². The zero-order chi connectivity index (χ0) is 19.0. The van der Waals surface area contributed by atoms with Crippen molar-refractivity contribution < 1.29 is 19.0 Å². The summed E-state index contributed by atoms with van der Waals surface area (Å²) in [6.07, 6.45) is 4.11. The molecule has 140 valence electrons. The van der Waals surface area contributed by atoms with Gasteiger partial charge in [0.2, 0.25) is 0 Å². The second kappa shape index (κ2) is 9.29. The van der Waals surface area contributed by atoms with Crippen molar-refractivity contribution in [3.63, 3.8) is 0 Å². The van der Waals surface area contributed by atoms with Crippen molar-refractivity contribution in [2.75, 3.05) is 26.9 Å². The monoisotopic (exact) mass is 358 g/mol. The summed E-state index contributed by atoms with van der Waals surface area (Å²) >= 11 is 0. The molecule has 6 nitrogen and oxygen atoms in total. The zero-order valence-corrected chi connectivity index (χ0v) is 15.8. The first-order valence-corrected chi connectivity index (χ1v) is 8.71. The van der Waals surface area contributed by atoms with Crippen LogP contribution in [0.4, 0.5) is 0 Å². The number of aromatic nitrogens is 2. The molecule has 0 N–H and O–H groups in total. The fourth-order valence-corrected chi connectivity index (χ4v) is 2.41. The van der Waals surface area contributed by atoms with E-state index in [-0.39, 0.29) is 5.97 Å². The maximum atomic E-state index is 12.2. The molecule has 0 saturated carbocycles. The summed E-state index contributed by atoms with van der Waals surface area (Å²) in [7, 11) is 1.66. The molecule has 0 radical (unpaired) electrons. The molecule has 0 fully saturated rings. The number of benzene rings is 1. The summed E-state index contributed by atoms with van der Waals surface area (Å²) in [5.41, 5.74) is 0.957. The molecule has 0 atom stereocenters. The Morgan fingerprint density at radius 3 is 2.54 bits per heavy atom. The number of esters is 1.